The number of fused-ring (bicyclic) bond motifs is 1. The van der Waals surface area contributed by atoms with Crippen LogP contribution in [0.25, 0.3) is 16.7 Å². The van der Waals surface area contributed by atoms with Crippen LogP contribution in [0.1, 0.15) is 16.7 Å². The van der Waals surface area contributed by atoms with Crippen LogP contribution in [0.4, 0.5) is 11.4 Å². The summed E-state index contributed by atoms with van der Waals surface area (Å²) < 4.78 is 0. The fourth-order valence-corrected chi connectivity index (χ4v) is 3.44. The van der Waals surface area contributed by atoms with Crippen LogP contribution in [0.2, 0.25) is 0 Å². The highest BCUT2D eigenvalue weighted by Gasteiger charge is 2.19. The van der Waals surface area contributed by atoms with Gasteiger partial charge in [0.2, 0.25) is 0 Å². The number of benzene rings is 3. The second-order valence-corrected chi connectivity index (χ2v) is 7.14. The topological polar surface area (TPSA) is 74.4 Å². The van der Waals surface area contributed by atoms with Gasteiger partial charge < -0.3 is 15.1 Å². The number of aryl methyl sites for hydroxylation is 3. The molecule has 0 atom stereocenters. The Kier molecular flexibility index (Phi) is 4.19. The van der Waals surface area contributed by atoms with Crippen molar-refractivity contribution in [1.82, 2.24) is 15.0 Å². The fourth-order valence-electron chi connectivity index (χ4n) is 3.44. The van der Waals surface area contributed by atoms with Gasteiger partial charge in [-0.15, -0.1) is 15.0 Å². The van der Waals surface area contributed by atoms with Crippen LogP contribution in [0.3, 0.4) is 0 Å². The second kappa shape index (κ2) is 6.56. The van der Waals surface area contributed by atoms with Crippen molar-refractivity contribution in [2.45, 2.75) is 20.8 Å². The van der Waals surface area contributed by atoms with Gasteiger partial charge in [-0.05, 0) is 67.8 Å². The second-order valence-electron chi connectivity index (χ2n) is 7.14. The lowest BCUT2D eigenvalue weighted by Crippen LogP contribution is -2.12. The normalized spacial score (nSPS) is 11.1. The Bertz CT molecular complexity index is 1160. The monoisotopic (exact) mass is 374 g/mol. The molecule has 0 aliphatic heterocycles. The van der Waals surface area contributed by atoms with E-state index < -0.39 is 0 Å². The van der Waals surface area contributed by atoms with Crippen molar-refractivity contribution < 1.29 is 10.2 Å². The Balaban J connectivity index is 1.87. The fraction of sp³-hybridized carbons (Fsp3) is 0.182. The first-order valence-corrected chi connectivity index (χ1v) is 9.05. The van der Waals surface area contributed by atoms with Crippen LogP contribution in [-0.4, -0.2) is 32.3 Å². The molecule has 4 rings (SSSR count). The van der Waals surface area contributed by atoms with E-state index in [1.807, 2.05) is 76.3 Å². The molecule has 3 aromatic carbocycles. The van der Waals surface area contributed by atoms with Gasteiger partial charge >= 0.3 is 0 Å². The number of rotatable bonds is 3. The van der Waals surface area contributed by atoms with Crippen LogP contribution >= 0.6 is 0 Å². The highest BCUT2D eigenvalue weighted by Crippen LogP contribution is 2.41. The number of hydrogen-bond donors (Lipinski definition) is 2. The van der Waals surface area contributed by atoms with Crippen LogP contribution < -0.4 is 4.90 Å². The molecule has 0 bridgehead atoms. The molecule has 0 aliphatic rings. The predicted octanol–water partition coefficient (Wildman–Crippen LogP) is 4.52. The van der Waals surface area contributed by atoms with Gasteiger partial charge in [0, 0.05) is 7.05 Å². The number of aromatic nitrogens is 3. The Hall–Kier alpha value is -3.54. The van der Waals surface area contributed by atoms with Crippen LogP contribution in [0.15, 0.2) is 48.5 Å². The van der Waals surface area contributed by atoms with Crippen molar-refractivity contribution in [2.75, 3.05) is 11.9 Å². The van der Waals surface area contributed by atoms with Crippen LogP contribution in [0, 0.1) is 20.8 Å². The molecule has 4 aromatic rings. The average Bonchev–Trinajstić information content (AvgIpc) is 3.09. The summed E-state index contributed by atoms with van der Waals surface area (Å²) in [6, 6.07) is 15.1. The van der Waals surface area contributed by atoms with Gasteiger partial charge in [-0.3, -0.25) is 0 Å². The van der Waals surface area contributed by atoms with Gasteiger partial charge in [0.1, 0.15) is 22.5 Å². The van der Waals surface area contributed by atoms with E-state index >= 15 is 0 Å². The van der Waals surface area contributed by atoms with E-state index in [0.29, 0.717) is 17.1 Å². The smallest absolute Gasteiger partial charge is 0.167 e. The number of nitrogens with zero attached hydrogens (tertiary/aromatic N) is 4. The summed E-state index contributed by atoms with van der Waals surface area (Å²) in [6.07, 6.45) is 0. The number of phenolic OH excluding ortho intramolecular Hbond substituents is 2. The minimum atomic E-state index is 0.0481. The summed E-state index contributed by atoms with van der Waals surface area (Å²) in [4.78, 5) is 3.23. The predicted molar refractivity (Wildman–Crippen MR) is 111 cm³/mol. The third-order valence-corrected chi connectivity index (χ3v) is 4.86. The van der Waals surface area contributed by atoms with Gasteiger partial charge in [-0.25, -0.2) is 0 Å². The zero-order valence-corrected chi connectivity index (χ0v) is 16.3. The molecule has 0 unspecified atom stereocenters. The van der Waals surface area contributed by atoms with E-state index in [1.54, 1.807) is 4.90 Å². The van der Waals surface area contributed by atoms with Crippen molar-refractivity contribution in [3.8, 4) is 17.2 Å². The largest absolute Gasteiger partial charge is 0.505 e. The van der Waals surface area contributed by atoms with Crippen molar-refractivity contribution in [3.05, 3.63) is 65.2 Å². The van der Waals surface area contributed by atoms with Gasteiger partial charge in [-0.2, -0.15) is 0 Å². The summed E-state index contributed by atoms with van der Waals surface area (Å²) >= 11 is 0. The molecular formula is C22H22N4O2. The van der Waals surface area contributed by atoms with E-state index in [4.69, 9.17) is 0 Å². The minimum absolute atomic E-state index is 0.0481. The Labute approximate surface area is 163 Å². The molecule has 28 heavy (non-hydrogen) atoms. The number of anilines is 2. The molecular weight excluding hydrogens is 352 g/mol. The molecule has 142 valence electrons. The molecule has 0 spiro atoms. The van der Waals surface area contributed by atoms with E-state index in [2.05, 4.69) is 10.2 Å². The molecule has 6 nitrogen and oxygen atoms in total. The van der Waals surface area contributed by atoms with E-state index in [-0.39, 0.29) is 11.5 Å². The molecule has 2 N–H and O–H groups in total. The third kappa shape index (κ3) is 2.93. The number of phenols is 2. The maximum atomic E-state index is 11.0. The van der Waals surface area contributed by atoms with E-state index in [0.717, 1.165) is 27.7 Å². The zero-order chi connectivity index (χ0) is 20.0. The summed E-state index contributed by atoms with van der Waals surface area (Å²) in [5.74, 6) is 0.241. The third-order valence-electron chi connectivity index (χ3n) is 4.86. The SMILES string of the molecule is Cc1cc(C)c(O)c(N(C)c2cc(C)cc(-n3nc4ccccc4n3)c2O)c1. The highest BCUT2D eigenvalue weighted by atomic mass is 16.3. The first-order valence-electron chi connectivity index (χ1n) is 9.05. The quantitative estimate of drug-likeness (QED) is 0.551. The summed E-state index contributed by atoms with van der Waals surface area (Å²) in [7, 11) is 1.82. The average molecular weight is 374 g/mol. The lowest BCUT2D eigenvalue weighted by atomic mass is 10.1. The molecule has 0 saturated carbocycles. The number of hydrogen-bond acceptors (Lipinski definition) is 5. The summed E-state index contributed by atoms with van der Waals surface area (Å²) in [6.45, 7) is 5.79. The molecule has 0 saturated heterocycles. The van der Waals surface area contributed by atoms with Crippen LogP contribution in [-0.2, 0) is 0 Å². The van der Waals surface area contributed by atoms with Crippen molar-refractivity contribution in [3.63, 3.8) is 0 Å². The Morgan fingerprint density at radius 2 is 1.32 bits per heavy atom. The molecule has 6 heteroatoms. The Morgan fingerprint density at radius 1 is 0.786 bits per heavy atom. The molecule has 0 amide bonds. The van der Waals surface area contributed by atoms with Crippen molar-refractivity contribution in [2.24, 2.45) is 0 Å². The van der Waals surface area contributed by atoms with Crippen molar-refractivity contribution in [1.29, 1.82) is 0 Å². The van der Waals surface area contributed by atoms with Crippen molar-refractivity contribution >= 4 is 22.4 Å². The lowest BCUT2D eigenvalue weighted by molar-refractivity contribution is 0.465. The van der Waals surface area contributed by atoms with Crippen LogP contribution in [0.5, 0.6) is 11.5 Å². The molecule has 1 aromatic heterocycles. The van der Waals surface area contributed by atoms with Gasteiger partial charge in [-0.1, -0.05) is 18.2 Å². The molecule has 0 aliphatic carbocycles. The summed E-state index contributed by atoms with van der Waals surface area (Å²) in [5, 5.41) is 30.5. The van der Waals surface area contributed by atoms with Gasteiger partial charge in [0.25, 0.3) is 0 Å². The lowest BCUT2D eigenvalue weighted by Gasteiger charge is -2.24. The molecule has 0 radical (unpaired) electrons. The highest BCUT2D eigenvalue weighted by molar-refractivity contribution is 5.78. The number of aromatic hydroxyl groups is 2. The maximum absolute atomic E-state index is 11.0. The first kappa shape index (κ1) is 17.9. The van der Waals surface area contributed by atoms with E-state index in [9.17, 15) is 10.2 Å². The van der Waals surface area contributed by atoms with Gasteiger partial charge in [0.15, 0.2) is 5.75 Å². The Morgan fingerprint density at radius 3 is 1.93 bits per heavy atom. The minimum Gasteiger partial charge on any atom is -0.505 e. The maximum Gasteiger partial charge on any atom is 0.167 e. The summed E-state index contributed by atoms with van der Waals surface area (Å²) in [5.41, 5.74) is 5.95. The van der Waals surface area contributed by atoms with E-state index in [1.165, 1.54) is 4.80 Å². The zero-order valence-electron chi connectivity index (χ0n) is 16.3. The first-order chi connectivity index (χ1) is 13.3. The molecule has 1 heterocycles. The molecule has 0 fully saturated rings. The van der Waals surface area contributed by atoms with Gasteiger partial charge in [0.05, 0.1) is 11.4 Å². The standard InChI is InChI=1S/C22H22N4O2/c1-13-9-15(3)21(27)18(10-13)25(4)19-11-14(2)12-20(22(19)28)26-23-16-7-5-6-8-17(16)24-26/h5-12,27-28H,1-4H3.